The van der Waals surface area contributed by atoms with Gasteiger partial charge >= 0.3 is 0 Å². The van der Waals surface area contributed by atoms with Crippen molar-refractivity contribution in [2.75, 3.05) is 5.32 Å². The molecule has 0 saturated carbocycles. The van der Waals surface area contributed by atoms with Gasteiger partial charge in [-0.2, -0.15) is 0 Å². The third-order valence-electron chi connectivity index (χ3n) is 4.70. The standard InChI is InChI=1S/C19H23N/c1-13-8-7-11-17(14(13)2)20-18-16-10-6-5-9-15(16)12-19(18,3)4/h5-11,18,20H,12H2,1-4H3. The Hall–Kier alpha value is -1.76. The lowest BCUT2D eigenvalue weighted by atomic mass is 9.85. The van der Waals surface area contributed by atoms with Crippen LogP contribution in [0.25, 0.3) is 0 Å². The van der Waals surface area contributed by atoms with E-state index in [1.54, 1.807) is 0 Å². The van der Waals surface area contributed by atoms with Crippen molar-refractivity contribution in [1.82, 2.24) is 0 Å². The normalized spacial score (nSPS) is 19.7. The van der Waals surface area contributed by atoms with Gasteiger partial charge in [-0.15, -0.1) is 0 Å². The van der Waals surface area contributed by atoms with Crippen LogP contribution in [0.2, 0.25) is 0 Å². The minimum atomic E-state index is 0.250. The molecule has 1 nitrogen and oxygen atoms in total. The van der Waals surface area contributed by atoms with E-state index < -0.39 is 0 Å². The topological polar surface area (TPSA) is 12.0 Å². The second-order valence-electron chi connectivity index (χ2n) is 6.69. The summed E-state index contributed by atoms with van der Waals surface area (Å²) in [5.74, 6) is 0. The van der Waals surface area contributed by atoms with Gasteiger partial charge in [0.2, 0.25) is 0 Å². The van der Waals surface area contributed by atoms with Crippen molar-refractivity contribution in [2.24, 2.45) is 5.41 Å². The summed E-state index contributed by atoms with van der Waals surface area (Å²) >= 11 is 0. The van der Waals surface area contributed by atoms with Crippen molar-refractivity contribution in [3.8, 4) is 0 Å². The average Bonchev–Trinajstić information content (AvgIpc) is 2.66. The number of fused-ring (bicyclic) bond motifs is 1. The molecule has 1 aliphatic carbocycles. The quantitative estimate of drug-likeness (QED) is 0.802. The molecular weight excluding hydrogens is 242 g/mol. The molecule has 104 valence electrons. The van der Waals surface area contributed by atoms with Crippen LogP contribution >= 0.6 is 0 Å². The number of anilines is 1. The molecule has 1 heteroatoms. The molecule has 0 fully saturated rings. The molecule has 0 amide bonds. The SMILES string of the molecule is Cc1cccc(NC2c3ccccc3CC2(C)C)c1C. The Balaban J connectivity index is 1.99. The number of aryl methyl sites for hydroxylation is 1. The van der Waals surface area contributed by atoms with Crippen LogP contribution in [-0.2, 0) is 6.42 Å². The smallest absolute Gasteiger partial charge is 0.0570 e. The fourth-order valence-corrected chi connectivity index (χ4v) is 3.33. The lowest BCUT2D eigenvalue weighted by Gasteiger charge is -2.30. The van der Waals surface area contributed by atoms with E-state index in [0.29, 0.717) is 6.04 Å². The van der Waals surface area contributed by atoms with E-state index in [9.17, 15) is 0 Å². The zero-order chi connectivity index (χ0) is 14.3. The second-order valence-corrected chi connectivity index (χ2v) is 6.69. The lowest BCUT2D eigenvalue weighted by Crippen LogP contribution is -2.24. The van der Waals surface area contributed by atoms with Gasteiger partial charge in [-0.05, 0) is 54.0 Å². The maximum absolute atomic E-state index is 3.80. The molecule has 1 aliphatic rings. The van der Waals surface area contributed by atoms with E-state index in [4.69, 9.17) is 0 Å². The number of benzene rings is 2. The minimum Gasteiger partial charge on any atom is -0.377 e. The van der Waals surface area contributed by atoms with Crippen molar-refractivity contribution in [1.29, 1.82) is 0 Å². The summed E-state index contributed by atoms with van der Waals surface area (Å²) in [4.78, 5) is 0. The van der Waals surface area contributed by atoms with Crippen LogP contribution in [0, 0.1) is 19.3 Å². The van der Waals surface area contributed by atoms with Crippen LogP contribution in [0.3, 0.4) is 0 Å². The Labute approximate surface area is 122 Å². The molecule has 0 radical (unpaired) electrons. The first kappa shape index (κ1) is 13.2. The summed E-state index contributed by atoms with van der Waals surface area (Å²) in [6.07, 6.45) is 1.14. The summed E-state index contributed by atoms with van der Waals surface area (Å²) in [6.45, 7) is 9.09. The number of rotatable bonds is 2. The molecule has 0 heterocycles. The van der Waals surface area contributed by atoms with Gasteiger partial charge in [0.05, 0.1) is 6.04 Å². The molecule has 0 bridgehead atoms. The predicted molar refractivity (Wildman–Crippen MR) is 86.2 cm³/mol. The Morgan fingerprint density at radius 1 is 1.00 bits per heavy atom. The predicted octanol–water partition coefficient (Wildman–Crippen LogP) is 5.04. The fraction of sp³-hybridized carbons (Fsp3) is 0.368. The van der Waals surface area contributed by atoms with E-state index in [2.05, 4.69) is 75.5 Å². The second kappa shape index (κ2) is 4.66. The summed E-state index contributed by atoms with van der Waals surface area (Å²) in [6, 6.07) is 15.7. The summed E-state index contributed by atoms with van der Waals surface area (Å²) in [5, 5.41) is 3.80. The molecule has 0 aromatic heterocycles. The van der Waals surface area contributed by atoms with Gasteiger partial charge < -0.3 is 5.32 Å². The van der Waals surface area contributed by atoms with Gasteiger partial charge in [-0.1, -0.05) is 50.2 Å². The highest BCUT2D eigenvalue weighted by Crippen LogP contribution is 2.47. The van der Waals surface area contributed by atoms with Crippen molar-refractivity contribution in [2.45, 2.75) is 40.2 Å². The molecule has 1 atom stereocenters. The van der Waals surface area contributed by atoms with Gasteiger partial charge in [-0.3, -0.25) is 0 Å². The van der Waals surface area contributed by atoms with Crippen LogP contribution in [-0.4, -0.2) is 0 Å². The van der Waals surface area contributed by atoms with Crippen molar-refractivity contribution in [3.05, 3.63) is 64.7 Å². The summed E-state index contributed by atoms with van der Waals surface area (Å²) < 4.78 is 0. The van der Waals surface area contributed by atoms with Gasteiger partial charge in [0.25, 0.3) is 0 Å². The largest absolute Gasteiger partial charge is 0.377 e. The van der Waals surface area contributed by atoms with Gasteiger partial charge in [0.15, 0.2) is 0 Å². The van der Waals surface area contributed by atoms with Gasteiger partial charge in [0, 0.05) is 5.69 Å². The van der Waals surface area contributed by atoms with E-state index in [1.165, 1.54) is 27.9 Å². The first-order valence-corrected chi connectivity index (χ1v) is 7.39. The number of hydrogen-bond donors (Lipinski definition) is 1. The Bertz CT molecular complexity index is 640. The third kappa shape index (κ3) is 2.11. The van der Waals surface area contributed by atoms with E-state index in [1.807, 2.05) is 0 Å². The number of nitrogens with one attached hydrogen (secondary N) is 1. The highest BCUT2D eigenvalue weighted by Gasteiger charge is 2.38. The van der Waals surface area contributed by atoms with Crippen molar-refractivity contribution < 1.29 is 0 Å². The molecular formula is C19H23N. The van der Waals surface area contributed by atoms with Crippen LogP contribution in [0.4, 0.5) is 5.69 Å². The van der Waals surface area contributed by atoms with E-state index >= 15 is 0 Å². The Kier molecular flexibility index (Phi) is 3.08. The molecule has 3 rings (SSSR count). The molecule has 2 aromatic carbocycles. The first-order chi connectivity index (χ1) is 9.49. The van der Waals surface area contributed by atoms with Crippen LogP contribution in [0.5, 0.6) is 0 Å². The molecule has 1 N–H and O–H groups in total. The van der Waals surface area contributed by atoms with Gasteiger partial charge in [0.1, 0.15) is 0 Å². The Morgan fingerprint density at radius 2 is 1.75 bits per heavy atom. The van der Waals surface area contributed by atoms with E-state index in [0.717, 1.165) is 6.42 Å². The highest BCUT2D eigenvalue weighted by molar-refractivity contribution is 5.56. The fourth-order valence-electron chi connectivity index (χ4n) is 3.33. The maximum atomic E-state index is 3.80. The molecule has 2 aromatic rings. The minimum absolute atomic E-state index is 0.250. The van der Waals surface area contributed by atoms with Crippen molar-refractivity contribution >= 4 is 5.69 Å². The van der Waals surface area contributed by atoms with Crippen LogP contribution in [0.15, 0.2) is 42.5 Å². The summed E-state index contributed by atoms with van der Waals surface area (Å²) in [7, 11) is 0. The number of hydrogen-bond acceptors (Lipinski definition) is 1. The zero-order valence-electron chi connectivity index (χ0n) is 12.8. The highest BCUT2D eigenvalue weighted by atomic mass is 14.9. The van der Waals surface area contributed by atoms with Gasteiger partial charge in [-0.25, -0.2) is 0 Å². The monoisotopic (exact) mass is 265 g/mol. The molecule has 0 spiro atoms. The molecule has 0 saturated heterocycles. The van der Waals surface area contributed by atoms with E-state index in [-0.39, 0.29) is 5.41 Å². The summed E-state index contributed by atoms with van der Waals surface area (Å²) in [5.41, 5.74) is 7.16. The average molecular weight is 265 g/mol. The maximum Gasteiger partial charge on any atom is 0.0570 e. The van der Waals surface area contributed by atoms with Crippen LogP contribution in [0.1, 0.15) is 42.1 Å². The Morgan fingerprint density at radius 3 is 2.55 bits per heavy atom. The van der Waals surface area contributed by atoms with Crippen molar-refractivity contribution in [3.63, 3.8) is 0 Å². The third-order valence-corrected chi connectivity index (χ3v) is 4.70. The zero-order valence-corrected chi connectivity index (χ0v) is 12.8. The van der Waals surface area contributed by atoms with Crippen LogP contribution < -0.4 is 5.32 Å². The lowest BCUT2D eigenvalue weighted by molar-refractivity contribution is 0.337. The molecule has 1 unspecified atom stereocenters. The first-order valence-electron chi connectivity index (χ1n) is 7.39. The molecule has 0 aliphatic heterocycles. The molecule has 20 heavy (non-hydrogen) atoms.